The number of carbonyl (C=O) groups is 2. The molecule has 1 aromatic heterocycles. The molecule has 0 unspecified atom stereocenters. The molecule has 1 amide bonds. The molecule has 23 heavy (non-hydrogen) atoms. The number of aromatic nitrogens is 1. The van der Waals surface area contributed by atoms with E-state index in [0.717, 1.165) is 35.9 Å². The first kappa shape index (κ1) is 15.8. The van der Waals surface area contributed by atoms with Crippen LogP contribution in [-0.4, -0.2) is 33.7 Å². The van der Waals surface area contributed by atoms with Crippen molar-refractivity contribution in [2.24, 2.45) is 0 Å². The van der Waals surface area contributed by atoms with Crippen molar-refractivity contribution >= 4 is 22.6 Å². The maximum absolute atomic E-state index is 12.7. The molecule has 1 fully saturated rings. The van der Waals surface area contributed by atoms with Gasteiger partial charge in [0.2, 0.25) is 5.91 Å². The minimum absolute atomic E-state index is 0.124. The summed E-state index contributed by atoms with van der Waals surface area (Å²) < 4.78 is 1.93. The van der Waals surface area contributed by atoms with Crippen molar-refractivity contribution in [3.05, 3.63) is 36.0 Å². The lowest BCUT2D eigenvalue weighted by Gasteiger charge is -2.33. The van der Waals surface area contributed by atoms with E-state index >= 15 is 0 Å². The van der Waals surface area contributed by atoms with Crippen LogP contribution < -0.4 is 0 Å². The zero-order valence-electron chi connectivity index (χ0n) is 13.9. The molecule has 1 saturated heterocycles. The van der Waals surface area contributed by atoms with Gasteiger partial charge in [0.05, 0.1) is 0 Å². The van der Waals surface area contributed by atoms with Crippen LogP contribution in [0.2, 0.25) is 0 Å². The third-order valence-corrected chi connectivity index (χ3v) is 4.84. The van der Waals surface area contributed by atoms with E-state index < -0.39 is 0 Å². The van der Waals surface area contributed by atoms with Crippen molar-refractivity contribution in [1.82, 2.24) is 9.47 Å². The Kier molecular flexibility index (Phi) is 4.51. The van der Waals surface area contributed by atoms with E-state index in [0.29, 0.717) is 19.0 Å². The minimum atomic E-state index is 0.124. The van der Waals surface area contributed by atoms with Gasteiger partial charge in [-0.3, -0.25) is 9.59 Å². The zero-order chi connectivity index (χ0) is 16.4. The van der Waals surface area contributed by atoms with Crippen molar-refractivity contribution in [2.45, 2.75) is 52.1 Å². The van der Waals surface area contributed by atoms with Gasteiger partial charge in [0.15, 0.2) is 5.78 Å². The molecule has 4 heteroatoms. The van der Waals surface area contributed by atoms with Crippen LogP contribution in [0.1, 0.15) is 49.9 Å². The highest BCUT2D eigenvalue weighted by Gasteiger charge is 2.24. The minimum Gasteiger partial charge on any atom is -0.338 e. The second-order valence-corrected chi connectivity index (χ2v) is 6.40. The number of hydrogen-bond acceptors (Lipinski definition) is 2. The largest absolute Gasteiger partial charge is 0.338 e. The summed E-state index contributed by atoms with van der Waals surface area (Å²) in [7, 11) is 0. The molecule has 4 nitrogen and oxygen atoms in total. The summed E-state index contributed by atoms with van der Waals surface area (Å²) in [5, 5.41) is 0.943. The first-order valence-corrected chi connectivity index (χ1v) is 8.52. The number of benzene rings is 1. The number of para-hydroxylation sites is 1. The first-order valence-electron chi connectivity index (χ1n) is 8.52. The summed E-state index contributed by atoms with van der Waals surface area (Å²) >= 11 is 0. The van der Waals surface area contributed by atoms with Crippen molar-refractivity contribution in [1.29, 1.82) is 0 Å². The van der Waals surface area contributed by atoms with Gasteiger partial charge in [-0.25, -0.2) is 0 Å². The topological polar surface area (TPSA) is 42.3 Å². The molecule has 3 rings (SSSR count). The highest BCUT2D eigenvalue weighted by atomic mass is 16.2. The zero-order valence-corrected chi connectivity index (χ0v) is 13.9. The predicted molar refractivity (Wildman–Crippen MR) is 91.6 cm³/mol. The Morgan fingerprint density at radius 2 is 2.00 bits per heavy atom. The molecule has 1 aromatic carbocycles. The Morgan fingerprint density at radius 1 is 1.22 bits per heavy atom. The molecule has 122 valence electrons. The van der Waals surface area contributed by atoms with Gasteiger partial charge in [-0.2, -0.15) is 0 Å². The van der Waals surface area contributed by atoms with Crippen LogP contribution in [0.4, 0.5) is 0 Å². The van der Waals surface area contributed by atoms with Crippen molar-refractivity contribution < 1.29 is 9.59 Å². The first-order chi connectivity index (χ1) is 11.1. The smallest absolute Gasteiger partial charge is 0.242 e. The average Bonchev–Trinajstić information content (AvgIpc) is 2.93. The van der Waals surface area contributed by atoms with E-state index in [1.807, 2.05) is 46.9 Å². The summed E-state index contributed by atoms with van der Waals surface area (Å²) in [4.78, 5) is 26.8. The summed E-state index contributed by atoms with van der Waals surface area (Å²) in [5.74, 6) is 0.271. The SMILES string of the molecule is CCC(=O)c1cn(CC(=O)N2CCCC[C@@H]2C)c2ccccc12. The van der Waals surface area contributed by atoms with Gasteiger partial charge in [-0.1, -0.05) is 25.1 Å². The molecule has 0 saturated carbocycles. The predicted octanol–water partition coefficient (Wildman–Crippen LogP) is 3.64. The number of piperidine rings is 1. The summed E-state index contributed by atoms with van der Waals surface area (Å²) in [5.41, 5.74) is 1.69. The quantitative estimate of drug-likeness (QED) is 0.809. The van der Waals surface area contributed by atoms with Crippen LogP contribution in [0.3, 0.4) is 0 Å². The van der Waals surface area contributed by atoms with Crippen LogP contribution in [0.15, 0.2) is 30.5 Å². The Bertz CT molecular complexity index is 732. The van der Waals surface area contributed by atoms with Crippen molar-refractivity contribution in [3.8, 4) is 0 Å². The molecule has 0 spiro atoms. The van der Waals surface area contributed by atoms with Gasteiger partial charge in [-0.15, -0.1) is 0 Å². The number of Topliss-reactive ketones (excluding diaryl/α,β-unsaturated/α-hetero) is 1. The third-order valence-electron chi connectivity index (χ3n) is 4.84. The van der Waals surface area contributed by atoms with Crippen LogP contribution >= 0.6 is 0 Å². The fourth-order valence-corrected chi connectivity index (χ4v) is 3.50. The van der Waals surface area contributed by atoms with Gasteiger partial charge in [-0.05, 0) is 32.3 Å². The number of hydrogen-bond donors (Lipinski definition) is 0. The second kappa shape index (κ2) is 6.57. The van der Waals surface area contributed by atoms with Gasteiger partial charge >= 0.3 is 0 Å². The molecule has 2 heterocycles. The normalized spacial score (nSPS) is 18.3. The lowest BCUT2D eigenvalue weighted by molar-refractivity contribution is -0.135. The number of fused-ring (bicyclic) bond motifs is 1. The maximum atomic E-state index is 12.7. The molecule has 0 radical (unpaired) electrons. The van der Waals surface area contributed by atoms with E-state index in [-0.39, 0.29) is 11.7 Å². The monoisotopic (exact) mass is 312 g/mol. The van der Waals surface area contributed by atoms with Crippen LogP contribution in [0.25, 0.3) is 10.9 Å². The molecule has 1 aliphatic rings. The second-order valence-electron chi connectivity index (χ2n) is 6.40. The molecular weight excluding hydrogens is 288 g/mol. The van der Waals surface area contributed by atoms with Crippen LogP contribution in [0, 0.1) is 0 Å². The maximum Gasteiger partial charge on any atom is 0.242 e. The van der Waals surface area contributed by atoms with Gasteiger partial charge < -0.3 is 9.47 Å². The standard InChI is InChI=1S/C19H24N2O2/c1-3-18(22)16-12-20(17-10-5-4-9-15(16)17)13-19(23)21-11-7-6-8-14(21)2/h4-5,9-10,12,14H,3,6-8,11,13H2,1-2H3/t14-/m0/s1. The molecule has 0 N–H and O–H groups in total. The van der Waals surface area contributed by atoms with Crippen molar-refractivity contribution in [2.75, 3.05) is 6.54 Å². The number of carbonyl (C=O) groups excluding carboxylic acids is 2. The van der Waals surface area contributed by atoms with E-state index in [1.165, 1.54) is 6.42 Å². The summed E-state index contributed by atoms with van der Waals surface area (Å²) in [6.45, 7) is 5.15. The van der Waals surface area contributed by atoms with Crippen molar-refractivity contribution in [3.63, 3.8) is 0 Å². The fraction of sp³-hybridized carbons (Fsp3) is 0.474. The molecule has 0 bridgehead atoms. The van der Waals surface area contributed by atoms with Crippen LogP contribution in [0.5, 0.6) is 0 Å². The molecule has 2 aromatic rings. The average molecular weight is 312 g/mol. The molecular formula is C19H24N2O2. The summed E-state index contributed by atoms with van der Waals surface area (Å²) in [6, 6.07) is 8.15. The lowest BCUT2D eigenvalue weighted by atomic mass is 10.0. The Hall–Kier alpha value is -2.10. The highest BCUT2D eigenvalue weighted by Crippen LogP contribution is 2.24. The lowest BCUT2D eigenvalue weighted by Crippen LogP contribution is -2.43. The van der Waals surface area contributed by atoms with E-state index in [9.17, 15) is 9.59 Å². The number of rotatable bonds is 4. The number of amides is 1. The molecule has 1 atom stereocenters. The van der Waals surface area contributed by atoms with Gasteiger partial charge in [0.25, 0.3) is 0 Å². The van der Waals surface area contributed by atoms with E-state index in [1.54, 1.807) is 0 Å². The number of likely N-dealkylation sites (tertiary alicyclic amines) is 1. The third kappa shape index (κ3) is 3.03. The highest BCUT2D eigenvalue weighted by molar-refractivity contribution is 6.08. The number of ketones is 1. The van der Waals surface area contributed by atoms with Gasteiger partial charge in [0.1, 0.15) is 6.54 Å². The Morgan fingerprint density at radius 3 is 2.74 bits per heavy atom. The fourth-order valence-electron chi connectivity index (χ4n) is 3.50. The Balaban J connectivity index is 1.91. The van der Waals surface area contributed by atoms with E-state index in [4.69, 9.17) is 0 Å². The number of nitrogens with zero attached hydrogens (tertiary/aromatic N) is 2. The molecule has 0 aliphatic carbocycles. The Labute approximate surface area is 137 Å². The van der Waals surface area contributed by atoms with E-state index in [2.05, 4.69) is 6.92 Å². The molecule has 1 aliphatic heterocycles. The van der Waals surface area contributed by atoms with Crippen LogP contribution in [-0.2, 0) is 11.3 Å². The van der Waals surface area contributed by atoms with Gasteiger partial charge in [0, 0.05) is 41.7 Å². The summed E-state index contributed by atoms with van der Waals surface area (Å²) in [6.07, 6.45) is 5.69.